The molecule has 2 aliphatic heterocycles. The van der Waals surface area contributed by atoms with Gasteiger partial charge < -0.3 is 9.47 Å². The number of para-hydroxylation sites is 1. The van der Waals surface area contributed by atoms with Gasteiger partial charge in [-0.25, -0.2) is 13.4 Å². The lowest BCUT2D eigenvalue weighted by Gasteiger charge is -2.26. The third-order valence-corrected chi connectivity index (χ3v) is 8.53. The number of aromatic nitrogens is 1. The normalized spacial score (nSPS) is 17.7. The minimum absolute atomic E-state index is 0.168. The van der Waals surface area contributed by atoms with Crippen molar-refractivity contribution in [1.82, 2.24) is 9.29 Å². The summed E-state index contributed by atoms with van der Waals surface area (Å²) in [6, 6.07) is 5.68. The molecule has 2 aromatic rings. The summed E-state index contributed by atoms with van der Waals surface area (Å²) in [5, 5.41) is 2.76. The largest absolute Gasteiger partial charge is 0.483 e. The Bertz CT molecular complexity index is 1110. The molecule has 0 atom stereocenters. The molecule has 0 radical (unpaired) electrons. The molecule has 1 aromatic carbocycles. The van der Waals surface area contributed by atoms with E-state index in [1.165, 1.54) is 15.6 Å². The highest BCUT2D eigenvalue weighted by atomic mass is 32.2. The molecular formula is C21H27N3O5S2. The zero-order valence-electron chi connectivity index (χ0n) is 18.1. The van der Waals surface area contributed by atoms with Crippen LogP contribution in [0, 0.1) is 0 Å². The standard InChI is InChI=1S/C21H27N3O5S2/c1-13(2)31(26,27)24-9-8-15-17(11-24)30-20(22-15)23-18(25)12-28-16-7-5-6-14-10-21(3,4)29-19(14)16/h5-7,13H,8-12H2,1-4H3,(H,22,23,25). The topological polar surface area (TPSA) is 97.8 Å². The zero-order valence-corrected chi connectivity index (χ0v) is 19.7. The van der Waals surface area contributed by atoms with Crippen LogP contribution in [0.1, 0.15) is 43.8 Å². The van der Waals surface area contributed by atoms with Crippen molar-refractivity contribution in [3.8, 4) is 11.5 Å². The molecular weight excluding hydrogens is 438 g/mol. The van der Waals surface area contributed by atoms with Crippen molar-refractivity contribution in [1.29, 1.82) is 0 Å². The first kappa shape index (κ1) is 22.0. The summed E-state index contributed by atoms with van der Waals surface area (Å²) >= 11 is 1.31. The van der Waals surface area contributed by atoms with E-state index in [-0.39, 0.29) is 18.1 Å². The molecule has 0 spiro atoms. The number of carbonyl (C=O) groups excluding carboxylic acids is 1. The number of rotatable bonds is 6. The van der Waals surface area contributed by atoms with Crippen LogP contribution in [0.3, 0.4) is 0 Å². The van der Waals surface area contributed by atoms with Crippen LogP contribution in [0.4, 0.5) is 5.13 Å². The third kappa shape index (κ3) is 4.56. The Kier molecular flexibility index (Phi) is 5.74. The van der Waals surface area contributed by atoms with Gasteiger partial charge in [0.25, 0.3) is 5.91 Å². The van der Waals surface area contributed by atoms with Crippen molar-refractivity contribution < 1.29 is 22.7 Å². The number of nitrogens with one attached hydrogen (secondary N) is 1. The van der Waals surface area contributed by atoms with Gasteiger partial charge in [0.05, 0.1) is 10.9 Å². The molecule has 0 aliphatic carbocycles. The molecule has 3 heterocycles. The summed E-state index contributed by atoms with van der Waals surface area (Å²) in [4.78, 5) is 17.8. The van der Waals surface area contributed by atoms with Crippen LogP contribution in [0.5, 0.6) is 11.5 Å². The van der Waals surface area contributed by atoms with E-state index in [0.717, 1.165) is 22.6 Å². The maximum Gasteiger partial charge on any atom is 0.264 e. The molecule has 1 N–H and O–H groups in total. The Balaban J connectivity index is 1.38. The molecule has 10 heteroatoms. The van der Waals surface area contributed by atoms with Gasteiger partial charge in [0.15, 0.2) is 23.2 Å². The number of amides is 1. The van der Waals surface area contributed by atoms with Crippen LogP contribution < -0.4 is 14.8 Å². The number of anilines is 1. The Morgan fingerprint density at radius 1 is 1.39 bits per heavy atom. The first-order valence-corrected chi connectivity index (χ1v) is 12.6. The van der Waals surface area contributed by atoms with Gasteiger partial charge in [-0.05, 0) is 33.8 Å². The molecule has 2 aliphatic rings. The molecule has 0 saturated heterocycles. The van der Waals surface area contributed by atoms with Crippen LogP contribution in [0.2, 0.25) is 0 Å². The van der Waals surface area contributed by atoms with Crippen LogP contribution >= 0.6 is 11.3 Å². The van der Waals surface area contributed by atoms with Crippen molar-refractivity contribution in [2.24, 2.45) is 0 Å². The fraction of sp³-hybridized carbons (Fsp3) is 0.524. The predicted molar refractivity (Wildman–Crippen MR) is 119 cm³/mol. The van der Waals surface area contributed by atoms with Gasteiger partial charge in [-0.2, -0.15) is 4.31 Å². The van der Waals surface area contributed by atoms with Crippen molar-refractivity contribution in [2.75, 3.05) is 18.5 Å². The smallest absolute Gasteiger partial charge is 0.264 e. The number of benzene rings is 1. The number of ether oxygens (including phenoxy) is 2. The summed E-state index contributed by atoms with van der Waals surface area (Å²) in [5.41, 5.74) is 1.62. The number of thiazole rings is 1. The summed E-state index contributed by atoms with van der Waals surface area (Å²) in [5.74, 6) is 0.912. The van der Waals surface area contributed by atoms with E-state index in [4.69, 9.17) is 9.47 Å². The van der Waals surface area contributed by atoms with Crippen LogP contribution in [0.15, 0.2) is 18.2 Å². The van der Waals surface area contributed by atoms with Gasteiger partial charge in [0.1, 0.15) is 5.60 Å². The molecule has 1 aromatic heterocycles. The first-order chi connectivity index (χ1) is 14.5. The number of carbonyl (C=O) groups is 1. The van der Waals surface area contributed by atoms with E-state index in [1.807, 2.05) is 26.0 Å². The number of sulfonamides is 1. The molecule has 0 fully saturated rings. The summed E-state index contributed by atoms with van der Waals surface area (Å²) in [6.07, 6.45) is 1.33. The predicted octanol–water partition coefficient (Wildman–Crippen LogP) is 2.97. The molecule has 4 rings (SSSR count). The number of fused-ring (bicyclic) bond motifs is 2. The Morgan fingerprint density at radius 2 is 2.16 bits per heavy atom. The quantitative estimate of drug-likeness (QED) is 0.704. The van der Waals surface area contributed by atoms with Gasteiger partial charge in [0, 0.05) is 36.4 Å². The van der Waals surface area contributed by atoms with E-state index in [0.29, 0.717) is 36.1 Å². The van der Waals surface area contributed by atoms with Gasteiger partial charge >= 0.3 is 0 Å². The molecule has 0 unspecified atom stereocenters. The van der Waals surface area contributed by atoms with Crippen molar-refractivity contribution in [2.45, 2.75) is 57.9 Å². The lowest BCUT2D eigenvalue weighted by atomic mass is 10.0. The second-order valence-corrected chi connectivity index (χ2v) is 12.3. The third-order valence-electron chi connectivity index (χ3n) is 5.31. The van der Waals surface area contributed by atoms with Crippen LogP contribution in [0.25, 0.3) is 0 Å². The number of nitrogens with zero attached hydrogens (tertiary/aromatic N) is 2. The van der Waals surface area contributed by atoms with Crippen molar-refractivity contribution >= 4 is 32.4 Å². The summed E-state index contributed by atoms with van der Waals surface area (Å²) in [7, 11) is -3.32. The minimum atomic E-state index is -3.32. The highest BCUT2D eigenvalue weighted by Crippen LogP contribution is 2.41. The first-order valence-electron chi connectivity index (χ1n) is 10.3. The monoisotopic (exact) mass is 465 g/mol. The molecule has 31 heavy (non-hydrogen) atoms. The average molecular weight is 466 g/mol. The van der Waals surface area contributed by atoms with Gasteiger partial charge in [-0.3, -0.25) is 10.1 Å². The maximum absolute atomic E-state index is 12.4. The van der Waals surface area contributed by atoms with E-state index < -0.39 is 15.3 Å². The average Bonchev–Trinajstić information content (AvgIpc) is 3.23. The Hall–Kier alpha value is -2.17. The van der Waals surface area contributed by atoms with E-state index in [2.05, 4.69) is 10.3 Å². The zero-order chi connectivity index (χ0) is 22.4. The number of hydrogen-bond donors (Lipinski definition) is 1. The highest BCUT2D eigenvalue weighted by Gasteiger charge is 2.33. The van der Waals surface area contributed by atoms with Crippen molar-refractivity contribution in [3.63, 3.8) is 0 Å². The fourth-order valence-electron chi connectivity index (χ4n) is 3.74. The summed E-state index contributed by atoms with van der Waals surface area (Å²) in [6.45, 7) is 7.92. The second kappa shape index (κ2) is 8.07. The van der Waals surface area contributed by atoms with Crippen LogP contribution in [-0.4, -0.2) is 47.6 Å². The van der Waals surface area contributed by atoms with E-state index >= 15 is 0 Å². The van der Waals surface area contributed by atoms with Gasteiger partial charge in [-0.15, -0.1) is 11.3 Å². The van der Waals surface area contributed by atoms with Crippen molar-refractivity contribution in [3.05, 3.63) is 34.3 Å². The second-order valence-electron chi connectivity index (χ2n) is 8.69. The Morgan fingerprint density at radius 3 is 2.90 bits per heavy atom. The lowest BCUT2D eigenvalue weighted by molar-refractivity contribution is -0.118. The summed E-state index contributed by atoms with van der Waals surface area (Å²) < 4.78 is 38.0. The molecule has 168 valence electrons. The van der Waals surface area contributed by atoms with Gasteiger partial charge in [-0.1, -0.05) is 12.1 Å². The van der Waals surface area contributed by atoms with Crippen LogP contribution in [-0.2, 0) is 34.2 Å². The highest BCUT2D eigenvalue weighted by molar-refractivity contribution is 7.89. The van der Waals surface area contributed by atoms with E-state index in [1.54, 1.807) is 19.9 Å². The molecule has 0 saturated carbocycles. The van der Waals surface area contributed by atoms with E-state index in [9.17, 15) is 13.2 Å². The molecule has 8 nitrogen and oxygen atoms in total. The number of hydrogen-bond acceptors (Lipinski definition) is 7. The fourth-order valence-corrected chi connectivity index (χ4v) is 6.11. The molecule has 1 amide bonds. The SMILES string of the molecule is CC(C)S(=O)(=O)N1CCc2nc(NC(=O)COc3cccc4c3OC(C)(C)C4)sc2C1. The molecule has 0 bridgehead atoms. The minimum Gasteiger partial charge on any atom is -0.483 e. The van der Waals surface area contributed by atoms with Gasteiger partial charge in [0.2, 0.25) is 10.0 Å². The lowest BCUT2D eigenvalue weighted by Crippen LogP contribution is -2.39. The Labute approximate surface area is 186 Å². The maximum atomic E-state index is 12.4.